The fourth-order valence-corrected chi connectivity index (χ4v) is 1.60. The molecule has 0 N–H and O–H groups in total. The van der Waals surface area contributed by atoms with Crippen molar-refractivity contribution in [1.82, 2.24) is 0 Å². The van der Waals surface area contributed by atoms with Crippen molar-refractivity contribution < 1.29 is 9.53 Å². The van der Waals surface area contributed by atoms with Crippen molar-refractivity contribution >= 4 is 5.78 Å². The van der Waals surface area contributed by atoms with Crippen LogP contribution < -0.4 is 0 Å². The minimum absolute atomic E-state index is 0.223. The van der Waals surface area contributed by atoms with Crippen molar-refractivity contribution in [3.8, 4) is 0 Å². The van der Waals surface area contributed by atoms with Gasteiger partial charge in [-0.25, -0.2) is 0 Å². The van der Waals surface area contributed by atoms with Crippen LogP contribution in [0.25, 0.3) is 0 Å². The third kappa shape index (κ3) is 4.75. The summed E-state index contributed by atoms with van der Waals surface area (Å²) in [5, 5.41) is 0. The predicted octanol–water partition coefficient (Wildman–Crippen LogP) is 3.20. The summed E-state index contributed by atoms with van der Waals surface area (Å²) in [5.41, 5.74) is -0.600. The van der Waals surface area contributed by atoms with Gasteiger partial charge in [0.15, 0.2) is 5.78 Å². The average Bonchev–Trinajstić information content (AvgIpc) is 2.04. The molecule has 0 aromatic rings. The number of ether oxygens (including phenoxy) is 1. The Labute approximate surface area is 88.0 Å². The molecule has 0 aliphatic rings. The molecule has 0 aliphatic carbocycles. The van der Waals surface area contributed by atoms with Gasteiger partial charge >= 0.3 is 0 Å². The van der Waals surface area contributed by atoms with Crippen molar-refractivity contribution in [3.63, 3.8) is 0 Å². The lowest BCUT2D eigenvalue weighted by atomic mass is 9.92. The summed E-state index contributed by atoms with van der Waals surface area (Å²) in [7, 11) is 0. The SMILES string of the molecule is CCCC(C)CC(=O)C(C)(C)OCC. The fraction of sp³-hybridized carbons (Fsp3) is 0.917. The van der Waals surface area contributed by atoms with Crippen LogP contribution in [-0.2, 0) is 9.53 Å². The summed E-state index contributed by atoms with van der Waals surface area (Å²) >= 11 is 0. The molecule has 0 amide bonds. The van der Waals surface area contributed by atoms with Crippen LogP contribution in [0, 0.1) is 5.92 Å². The van der Waals surface area contributed by atoms with Crippen molar-refractivity contribution in [3.05, 3.63) is 0 Å². The first-order chi connectivity index (χ1) is 6.44. The van der Waals surface area contributed by atoms with E-state index in [9.17, 15) is 4.79 Å². The van der Waals surface area contributed by atoms with E-state index < -0.39 is 5.60 Å². The molecule has 0 aromatic heterocycles. The molecule has 0 saturated heterocycles. The molecule has 1 atom stereocenters. The fourth-order valence-electron chi connectivity index (χ4n) is 1.60. The maximum absolute atomic E-state index is 11.8. The highest BCUT2D eigenvalue weighted by molar-refractivity contribution is 5.86. The molecule has 2 nitrogen and oxygen atoms in total. The van der Waals surface area contributed by atoms with Crippen molar-refractivity contribution in [2.24, 2.45) is 5.92 Å². The molecular formula is C12H24O2. The number of Topliss-reactive ketones (excluding diaryl/α,β-unsaturated/α-hetero) is 1. The highest BCUT2D eigenvalue weighted by Gasteiger charge is 2.28. The summed E-state index contributed by atoms with van der Waals surface area (Å²) in [4.78, 5) is 11.8. The standard InChI is InChI=1S/C12H24O2/c1-6-8-10(3)9-11(13)12(4,5)14-7-2/h10H,6-9H2,1-5H3. The topological polar surface area (TPSA) is 26.3 Å². The van der Waals surface area contributed by atoms with Crippen LogP contribution in [0.15, 0.2) is 0 Å². The summed E-state index contributed by atoms with van der Waals surface area (Å²) in [6, 6.07) is 0. The van der Waals surface area contributed by atoms with Gasteiger partial charge in [-0.3, -0.25) is 4.79 Å². The maximum Gasteiger partial charge on any atom is 0.164 e. The van der Waals surface area contributed by atoms with Crippen LogP contribution in [0.3, 0.4) is 0 Å². The zero-order chi connectivity index (χ0) is 11.2. The quantitative estimate of drug-likeness (QED) is 0.631. The molecule has 0 bridgehead atoms. The maximum atomic E-state index is 11.8. The molecule has 0 radical (unpaired) electrons. The highest BCUT2D eigenvalue weighted by Crippen LogP contribution is 2.18. The summed E-state index contributed by atoms with van der Waals surface area (Å²) < 4.78 is 5.42. The van der Waals surface area contributed by atoms with Crippen LogP contribution in [0.2, 0.25) is 0 Å². The van der Waals surface area contributed by atoms with Gasteiger partial charge in [0.1, 0.15) is 5.60 Å². The van der Waals surface area contributed by atoms with E-state index in [0.29, 0.717) is 18.9 Å². The molecule has 0 aromatic carbocycles. The van der Waals surface area contributed by atoms with E-state index in [-0.39, 0.29) is 5.78 Å². The minimum Gasteiger partial charge on any atom is -0.368 e. The van der Waals surface area contributed by atoms with Gasteiger partial charge in [0.05, 0.1) is 0 Å². The number of hydrogen-bond donors (Lipinski definition) is 0. The first kappa shape index (κ1) is 13.6. The summed E-state index contributed by atoms with van der Waals surface area (Å²) in [6.07, 6.45) is 2.90. The highest BCUT2D eigenvalue weighted by atomic mass is 16.5. The second-order valence-corrected chi connectivity index (χ2v) is 4.46. The third-order valence-electron chi connectivity index (χ3n) is 2.49. The Morgan fingerprint density at radius 1 is 1.36 bits per heavy atom. The largest absolute Gasteiger partial charge is 0.368 e. The smallest absolute Gasteiger partial charge is 0.164 e. The number of hydrogen-bond acceptors (Lipinski definition) is 2. The lowest BCUT2D eigenvalue weighted by Gasteiger charge is -2.24. The van der Waals surface area contributed by atoms with Gasteiger partial charge in [0, 0.05) is 13.0 Å². The Bertz CT molecular complexity index is 173. The Morgan fingerprint density at radius 2 is 1.93 bits per heavy atom. The van der Waals surface area contributed by atoms with Gasteiger partial charge in [-0.15, -0.1) is 0 Å². The minimum atomic E-state index is -0.600. The van der Waals surface area contributed by atoms with Crippen molar-refractivity contribution in [2.45, 2.75) is 59.5 Å². The van der Waals surface area contributed by atoms with Crippen LogP contribution in [-0.4, -0.2) is 18.0 Å². The molecule has 0 saturated carbocycles. The Balaban J connectivity index is 4.05. The third-order valence-corrected chi connectivity index (χ3v) is 2.49. The van der Waals surface area contributed by atoms with Crippen LogP contribution >= 0.6 is 0 Å². The monoisotopic (exact) mass is 200 g/mol. The molecule has 0 aliphatic heterocycles. The predicted molar refractivity (Wildman–Crippen MR) is 59.4 cm³/mol. The van der Waals surface area contributed by atoms with E-state index in [1.165, 1.54) is 0 Å². The molecule has 14 heavy (non-hydrogen) atoms. The Kier molecular flexibility index (Phi) is 6.01. The van der Waals surface area contributed by atoms with Gasteiger partial charge in [-0.05, 0) is 26.7 Å². The second kappa shape index (κ2) is 6.18. The number of carbonyl (C=O) groups excluding carboxylic acids is 1. The zero-order valence-electron chi connectivity index (χ0n) is 10.2. The summed E-state index contributed by atoms with van der Waals surface area (Å²) in [6.45, 7) is 10.5. The van der Waals surface area contributed by atoms with Gasteiger partial charge in [0.25, 0.3) is 0 Å². The average molecular weight is 200 g/mol. The molecule has 84 valence electrons. The van der Waals surface area contributed by atoms with Gasteiger partial charge in [-0.2, -0.15) is 0 Å². The second-order valence-electron chi connectivity index (χ2n) is 4.46. The molecule has 0 spiro atoms. The van der Waals surface area contributed by atoms with Gasteiger partial charge in [-0.1, -0.05) is 26.7 Å². The first-order valence-corrected chi connectivity index (χ1v) is 5.61. The van der Waals surface area contributed by atoms with E-state index in [2.05, 4.69) is 13.8 Å². The van der Waals surface area contributed by atoms with Crippen molar-refractivity contribution in [2.75, 3.05) is 6.61 Å². The molecule has 0 rings (SSSR count). The molecule has 2 heteroatoms. The molecular weight excluding hydrogens is 176 g/mol. The first-order valence-electron chi connectivity index (χ1n) is 5.61. The molecule has 0 fully saturated rings. The molecule has 0 heterocycles. The van der Waals surface area contributed by atoms with Crippen LogP contribution in [0.5, 0.6) is 0 Å². The van der Waals surface area contributed by atoms with E-state index in [0.717, 1.165) is 12.8 Å². The zero-order valence-corrected chi connectivity index (χ0v) is 10.2. The number of rotatable bonds is 7. The Hall–Kier alpha value is -0.370. The van der Waals surface area contributed by atoms with E-state index in [1.54, 1.807) is 0 Å². The molecule has 1 unspecified atom stereocenters. The van der Waals surface area contributed by atoms with E-state index in [1.807, 2.05) is 20.8 Å². The van der Waals surface area contributed by atoms with Gasteiger partial charge in [0.2, 0.25) is 0 Å². The number of ketones is 1. The summed E-state index contributed by atoms with van der Waals surface area (Å²) in [5.74, 6) is 0.701. The Morgan fingerprint density at radius 3 is 2.36 bits per heavy atom. The normalized spacial score (nSPS) is 14.1. The van der Waals surface area contributed by atoms with Crippen LogP contribution in [0.1, 0.15) is 53.9 Å². The lowest BCUT2D eigenvalue weighted by molar-refractivity contribution is -0.140. The number of carbonyl (C=O) groups is 1. The van der Waals surface area contributed by atoms with Gasteiger partial charge < -0.3 is 4.74 Å². The van der Waals surface area contributed by atoms with E-state index >= 15 is 0 Å². The van der Waals surface area contributed by atoms with Crippen molar-refractivity contribution in [1.29, 1.82) is 0 Å². The van der Waals surface area contributed by atoms with E-state index in [4.69, 9.17) is 4.74 Å². The lowest BCUT2D eigenvalue weighted by Crippen LogP contribution is -2.35. The van der Waals surface area contributed by atoms with Crippen LogP contribution in [0.4, 0.5) is 0 Å².